The van der Waals surface area contributed by atoms with Gasteiger partial charge in [-0.05, 0) is 54.7 Å². The molecule has 4 rings (SSSR count). The van der Waals surface area contributed by atoms with Crippen LogP contribution in [0.3, 0.4) is 0 Å². The first-order chi connectivity index (χ1) is 17.5. The molecule has 1 aromatic carbocycles. The van der Waals surface area contributed by atoms with Gasteiger partial charge in [-0.25, -0.2) is 4.98 Å². The largest absolute Gasteiger partial charge is 0.509 e. The molecule has 206 valence electrons. The minimum atomic E-state index is -2.88. The summed E-state index contributed by atoms with van der Waals surface area (Å²) < 4.78 is 36.7. The number of ether oxygens (including phenoxy) is 2. The van der Waals surface area contributed by atoms with Gasteiger partial charge in [-0.3, -0.25) is 4.90 Å². The minimum absolute atomic E-state index is 0.127. The van der Waals surface area contributed by atoms with Crippen molar-refractivity contribution in [2.75, 3.05) is 19.7 Å². The van der Waals surface area contributed by atoms with Crippen molar-refractivity contribution in [1.82, 2.24) is 9.88 Å². The molecule has 1 aliphatic carbocycles. The van der Waals surface area contributed by atoms with E-state index in [2.05, 4.69) is 56.2 Å². The zero-order chi connectivity index (χ0) is 27.2. The van der Waals surface area contributed by atoms with Crippen LogP contribution in [0.4, 0.5) is 8.78 Å². The molecule has 1 aromatic heterocycles. The van der Waals surface area contributed by atoms with Crippen molar-refractivity contribution in [2.45, 2.75) is 79.6 Å². The molecule has 37 heavy (non-hydrogen) atoms. The van der Waals surface area contributed by atoms with Crippen LogP contribution in [-0.4, -0.2) is 46.9 Å². The average molecular weight is 537 g/mol. The van der Waals surface area contributed by atoms with Gasteiger partial charge < -0.3 is 14.6 Å². The average Bonchev–Trinajstić information content (AvgIpc) is 3.55. The lowest BCUT2D eigenvalue weighted by Crippen LogP contribution is -2.54. The number of thiazole rings is 1. The Morgan fingerprint density at radius 3 is 2.49 bits per heavy atom. The second kappa shape index (κ2) is 13.2. The van der Waals surface area contributed by atoms with E-state index in [0.717, 1.165) is 42.2 Å². The predicted octanol–water partition coefficient (Wildman–Crippen LogP) is 7.93. The van der Waals surface area contributed by atoms with Gasteiger partial charge in [0.25, 0.3) is 0 Å². The standard InChI is InChI=1S/C25H32F2N2O3S.C4H10/c1-16(2)14-31-25(22(30)18-8-9-18)10-17(3)12-29(15-25)13-19-11-28-23(33-19)20-6-4-5-7-21(20)32-24(26)27;1-4(2)3/h4-7,11,16-17,24,30H,8-10,12-15H2,1-3H3;4H,1-3H3/t17?,25-;/m0./s1. The molecule has 1 N–H and O–H groups in total. The summed E-state index contributed by atoms with van der Waals surface area (Å²) in [4.78, 5) is 7.83. The van der Waals surface area contributed by atoms with Crippen LogP contribution >= 0.6 is 11.3 Å². The van der Waals surface area contributed by atoms with E-state index in [-0.39, 0.29) is 5.75 Å². The second-order valence-electron chi connectivity index (χ2n) is 11.4. The van der Waals surface area contributed by atoms with E-state index in [9.17, 15) is 13.9 Å². The fourth-order valence-electron chi connectivity index (χ4n) is 4.54. The summed E-state index contributed by atoms with van der Waals surface area (Å²) in [6.07, 6.45) is 4.50. The number of benzene rings is 1. The van der Waals surface area contributed by atoms with Crippen LogP contribution in [0.15, 0.2) is 41.8 Å². The van der Waals surface area contributed by atoms with E-state index in [1.807, 2.05) is 0 Å². The lowest BCUT2D eigenvalue weighted by Gasteiger charge is -2.45. The van der Waals surface area contributed by atoms with Crippen LogP contribution in [0.2, 0.25) is 0 Å². The fourth-order valence-corrected chi connectivity index (χ4v) is 5.52. The van der Waals surface area contributed by atoms with Gasteiger partial charge in [0.1, 0.15) is 22.1 Å². The third-order valence-corrected chi connectivity index (χ3v) is 6.97. The molecule has 2 aliphatic rings. The Bertz CT molecular complexity index is 1030. The number of hydrogen-bond acceptors (Lipinski definition) is 6. The van der Waals surface area contributed by atoms with Gasteiger partial charge in [0, 0.05) is 30.7 Å². The molecule has 1 aliphatic heterocycles. The minimum Gasteiger partial charge on any atom is -0.509 e. The van der Waals surface area contributed by atoms with E-state index in [1.54, 1.807) is 24.4 Å². The Morgan fingerprint density at radius 2 is 1.86 bits per heavy atom. The molecule has 1 saturated heterocycles. The molecular weight excluding hydrogens is 494 g/mol. The summed E-state index contributed by atoms with van der Waals surface area (Å²) in [6, 6.07) is 6.73. The number of nitrogens with zero attached hydrogens (tertiary/aromatic N) is 2. The molecule has 0 radical (unpaired) electrons. The molecule has 0 amide bonds. The number of likely N-dealkylation sites (tertiary alicyclic amines) is 1. The third-order valence-electron chi connectivity index (χ3n) is 5.95. The normalized spacial score (nSPS) is 21.8. The Balaban J connectivity index is 0.000000886. The molecule has 2 heterocycles. The Labute approximate surface area is 224 Å². The number of aromatic nitrogens is 1. The highest BCUT2D eigenvalue weighted by Crippen LogP contribution is 2.42. The van der Waals surface area contributed by atoms with Crippen molar-refractivity contribution in [3.05, 3.63) is 46.7 Å². The van der Waals surface area contributed by atoms with E-state index < -0.39 is 12.2 Å². The lowest BCUT2D eigenvalue weighted by atomic mass is 9.84. The first kappa shape index (κ1) is 29.5. The number of rotatable bonds is 9. The van der Waals surface area contributed by atoms with Crippen molar-refractivity contribution in [1.29, 1.82) is 0 Å². The Kier molecular flexibility index (Phi) is 10.5. The third kappa shape index (κ3) is 8.76. The molecule has 2 aromatic rings. The molecule has 8 heteroatoms. The summed E-state index contributed by atoms with van der Waals surface area (Å²) >= 11 is 1.47. The Morgan fingerprint density at radius 1 is 1.19 bits per heavy atom. The van der Waals surface area contributed by atoms with Crippen LogP contribution in [-0.2, 0) is 11.3 Å². The molecular formula is C29H42F2N2O3S. The predicted molar refractivity (Wildman–Crippen MR) is 146 cm³/mol. The molecule has 1 unspecified atom stereocenters. The highest BCUT2D eigenvalue weighted by atomic mass is 32.1. The number of hydrogen-bond donors (Lipinski definition) is 1. The number of aliphatic hydroxyl groups is 1. The van der Waals surface area contributed by atoms with Gasteiger partial charge in [0.15, 0.2) is 0 Å². The molecule has 0 spiro atoms. The van der Waals surface area contributed by atoms with Crippen molar-refractivity contribution in [2.24, 2.45) is 17.8 Å². The molecule has 2 fully saturated rings. The van der Waals surface area contributed by atoms with E-state index in [0.29, 0.717) is 47.9 Å². The van der Waals surface area contributed by atoms with Crippen molar-refractivity contribution in [3.63, 3.8) is 0 Å². The highest BCUT2D eigenvalue weighted by molar-refractivity contribution is 7.15. The smallest absolute Gasteiger partial charge is 0.387 e. The van der Waals surface area contributed by atoms with Gasteiger partial charge in [-0.1, -0.05) is 53.7 Å². The fraction of sp³-hybridized carbons (Fsp3) is 0.621. The summed E-state index contributed by atoms with van der Waals surface area (Å²) in [7, 11) is 0. The number of allylic oxidation sites excluding steroid dienone is 1. The number of aliphatic hydroxyl groups excluding tert-OH is 1. The van der Waals surface area contributed by atoms with Crippen molar-refractivity contribution < 1.29 is 23.4 Å². The number of halogens is 2. The summed E-state index contributed by atoms with van der Waals surface area (Å²) in [5, 5.41) is 11.7. The van der Waals surface area contributed by atoms with Crippen LogP contribution in [0, 0.1) is 17.8 Å². The summed E-state index contributed by atoms with van der Waals surface area (Å²) in [5.74, 6) is 2.13. The molecule has 1 saturated carbocycles. The molecule has 2 atom stereocenters. The SMILES string of the molecule is CC(C)C.CC(C)CO[C@@]1(C(O)=C2CC2)CC(C)CN(Cc2cnc(-c3ccccc3OC(F)F)s2)C1. The maximum absolute atomic E-state index is 12.8. The number of para-hydroxylation sites is 1. The highest BCUT2D eigenvalue weighted by Gasteiger charge is 2.45. The van der Waals surface area contributed by atoms with Crippen molar-refractivity contribution >= 4 is 11.3 Å². The summed E-state index contributed by atoms with van der Waals surface area (Å²) in [6.45, 7) is 12.8. The zero-order valence-electron chi connectivity index (χ0n) is 23.0. The lowest BCUT2D eigenvalue weighted by molar-refractivity contribution is -0.108. The summed E-state index contributed by atoms with van der Waals surface area (Å²) in [5.41, 5.74) is 1.01. The van der Waals surface area contributed by atoms with E-state index in [1.165, 1.54) is 17.4 Å². The van der Waals surface area contributed by atoms with Crippen molar-refractivity contribution in [3.8, 4) is 16.3 Å². The van der Waals surface area contributed by atoms with E-state index in [4.69, 9.17) is 4.74 Å². The molecule has 0 bridgehead atoms. The van der Waals surface area contributed by atoms with Crippen LogP contribution in [0.5, 0.6) is 5.75 Å². The van der Waals surface area contributed by atoms with E-state index >= 15 is 0 Å². The maximum atomic E-state index is 12.8. The van der Waals surface area contributed by atoms with Crippen LogP contribution in [0.1, 0.15) is 65.7 Å². The quantitative estimate of drug-likeness (QED) is 0.330. The maximum Gasteiger partial charge on any atom is 0.387 e. The number of alkyl halides is 2. The van der Waals surface area contributed by atoms with Gasteiger partial charge in [-0.15, -0.1) is 11.3 Å². The first-order valence-electron chi connectivity index (χ1n) is 13.3. The zero-order valence-corrected chi connectivity index (χ0v) is 23.8. The number of piperidine rings is 1. The van der Waals surface area contributed by atoms with Gasteiger partial charge >= 0.3 is 6.61 Å². The molecule has 5 nitrogen and oxygen atoms in total. The Hall–Kier alpha value is -2.03. The van der Waals surface area contributed by atoms with Gasteiger partial charge in [0.05, 0.1) is 12.2 Å². The van der Waals surface area contributed by atoms with Gasteiger partial charge in [0.2, 0.25) is 0 Å². The van der Waals surface area contributed by atoms with Gasteiger partial charge in [-0.2, -0.15) is 8.78 Å². The van der Waals surface area contributed by atoms with Crippen LogP contribution in [0.25, 0.3) is 10.6 Å². The van der Waals surface area contributed by atoms with Crippen LogP contribution < -0.4 is 4.74 Å². The topological polar surface area (TPSA) is 54.8 Å². The second-order valence-corrected chi connectivity index (χ2v) is 12.5. The monoisotopic (exact) mass is 536 g/mol. The first-order valence-corrected chi connectivity index (χ1v) is 14.1.